The number of methoxy groups -OCH3 is 2. The Morgan fingerprint density at radius 3 is 2.18 bits per heavy atom. The van der Waals surface area contributed by atoms with Crippen LogP contribution in [0.25, 0.3) is 0 Å². The third-order valence-corrected chi connectivity index (χ3v) is 7.16. The zero-order valence-corrected chi connectivity index (χ0v) is 18.1. The van der Waals surface area contributed by atoms with E-state index in [-0.39, 0.29) is 21.4 Å². The predicted molar refractivity (Wildman–Crippen MR) is 108 cm³/mol. The van der Waals surface area contributed by atoms with E-state index >= 15 is 0 Å². The lowest BCUT2D eigenvalue weighted by Crippen LogP contribution is -2.37. The Labute approximate surface area is 172 Å². The van der Waals surface area contributed by atoms with Gasteiger partial charge in [-0.1, -0.05) is 24.4 Å². The van der Waals surface area contributed by atoms with Crippen LogP contribution in [0.5, 0.6) is 0 Å². The number of halogens is 1. The highest BCUT2D eigenvalue weighted by Gasteiger charge is 2.28. The number of hydrogen-bond acceptors (Lipinski definition) is 5. The maximum Gasteiger partial charge on any atom is 0.254 e. The molecule has 0 unspecified atom stereocenters. The lowest BCUT2D eigenvalue weighted by molar-refractivity contribution is 0.0627. The highest BCUT2D eigenvalue weighted by molar-refractivity contribution is 7.89. The molecule has 0 bridgehead atoms. The normalized spacial score (nSPS) is 16.0. The molecule has 0 spiro atoms. The summed E-state index contributed by atoms with van der Waals surface area (Å²) in [5, 5.41) is 0.126. The van der Waals surface area contributed by atoms with E-state index in [1.807, 2.05) is 0 Å². The van der Waals surface area contributed by atoms with Crippen molar-refractivity contribution in [1.29, 1.82) is 0 Å². The topological polar surface area (TPSA) is 76.1 Å². The fourth-order valence-corrected chi connectivity index (χ4v) is 5.17. The third-order valence-electron chi connectivity index (χ3n) is 4.78. The molecule has 7 nitrogen and oxygen atoms in total. The molecule has 0 N–H and O–H groups in total. The van der Waals surface area contributed by atoms with Crippen molar-refractivity contribution in [3.05, 3.63) is 28.8 Å². The molecule has 158 valence electrons. The Kier molecular flexibility index (Phi) is 9.17. The van der Waals surface area contributed by atoms with Crippen LogP contribution in [0.15, 0.2) is 23.1 Å². The molecule has 1 saturated heterocycles. The molecule has 0 aromatic heterocycles. The van der Waals surface area contributed by atoms with E-state index in [0.29, 0.717) is 39.4 Å². The number of hydrogen-bond donors (Lipinski definition) is 0. The molecule has 0 radical (unpaired) electrons. The summed E-state index contributed by atoms with van der Waals surface area (Å²) in [7, 11) is -0.625. The highest BCUT2D eigenvalue weighted by atomic mass is 35.5. The van der Waals surface area contributed by atoms with Gasteiger partial charge in [0.15, 0.2) is 0 Å². The molecule has 1 aliphatic rings. The first-order valence-electron chi connectivity index (χ1n) is 9.48. The van der Waals surface area contributed by atoms with E-state index in [9.17, 15) is 13.2 Å². The van der Waals surface area contributed by atoms with E-state index in [1.165, 1.54) is 16.4 Å². The van der Waals surface area contributed by atoms with Crippen molar-refractivity contribution in [1.82, 2.24) is 9.21 Å². The van der Waals surface area contributed by atoms with Crippen LogP contribution < -0.4 is 0 Å². The smallest absolute Gasteiger partial charge is 0.254 e. The van der Waals surface area contributed by atoms with Gasteiger partial charge in [-0.05, 0) is 31.0 Å². The van der Waals surface area contributed by atoms with Crippen LogP contribution in [0.2, 0.25) is 5.02 Å². The molecule has 0 saturated carbocycles. The number of carbonyl (C=O) groups is 1. The Hall–Kier alpha value is -1.19. The van der Waals surface area contributed by atoms with E-state index in [0.717, 1.165) is 25.7 Å². The third kappa shape index (κ3) is 5.90. The van der Waals surface area contributed by atoms with Crippen molar-refractivity contribution in [2.45, 2.75) is 30.6 Å². The minimum absolute atomic E-state index is 0.0136. The summed E-state index contributed by atoms with van der Waals surface area (Å²) in [5.41, 5.74) is 0.282. The summed E-state index contributed by atoms with van der Waals surface area (Å²) >= 11 is 6.22. The van der Waals surface area contributed by atoms with Crippen LogP contribution in [0.1, 0.15) is 36.0 Å². The molecule has 1 amide bonds. The van der Waals surface area contributed by atoms with Crippen molar-refractivity contribution in [2.75, 3.05) is 53.6 Å². The predicted octanol–water partition coefficient (Wildman–Crippen LogP) is 2.64. The van der Waals surface area contributed by atoms with Gasteiger partial charge in [-0.15, -0.1) is 0 Å². The van der Waals surface area contributed by atoms with Crippen LogP contribution in [0.4, 0.5) is 0 Å². The monoisotopic (exact) mass is 432 g/mol. The van der Waals surface area contributed by atoms with Crippen LogP contribution >= 0.6 is 11.6 Å². The van der Waals surface area contributed by atoms with Crippen LogP contribution in [-0.4, -0.2) is 77.1 Å². The maximum absolute atomic E-state index is 13.1. The minimum Gasteiger partial charge on any atom is -0.383 e. The van der Waals surface area contributed by atoms with Crippen molar-refractivity contribution in [2.24, 2.45) is 0 Å². The van der Waals surface area contributed by atoms with Crippen molar-refractivity contribution < 1.29 is 22.7 Å². The summed E-state index contributed by atoms with van der Waals surface area (Å²) in [6.45, 7) is 2.48. The summed E-state index contributed by atoms with van der Waals surface area (Å²) in [4.78, 5) is 14.5. The van der Waals surface area contributed by atoms with Gasteiger partial charge in [0.2, 0.25) is 10.0 Å². The zero-order valence-electron chi connectivity index (χ0n) is 16.5. The molecular weight excluding hydrogens is 404 g/mol. The van der Waals surface area contributed by atoms with Gasteiger partial charge in [-0.2, -0.15) is 4.31 Å². The largest absolute Gasteiger partial charge is 0.383 e. The van der Waals surface area contributed by atoms with Crippen molar-refractivity contribution in [3.63, 3.8) is 0 Å². The number of benzene rings is 1. The van der Waals surface area contributed by atoms with Gasteiger partial charge in [0, 0.05) is 46.0 Å². The number of rotatable bonds is 9. The van der Waals surface area contributed by atoms with Gasteiger partial charge in [-0.3, -0.25) is 4.79 Å². The second-order valence-corrected chi connectivity index (χ2v) is 9.05. The first-order chi connectivity index (χ1) is 13.4. The molecule has 2 rings (SSSR count). The zero-order chi connectivity index (χ0) is 20.6. The number of carbonyl (C=O) groups excluding carboxylic acids is 1. The molecule has 1 aromatic carbocycles. The van der Waals surface area contributed by atoms with Gasteiger partial charge >= 0.3 is 0 Å². The lowest BCUT2D eigenvalue weighted by Gasteiger charge is -2.24. The molecular formula is C19H29ClN2O5S. The van der Waals surface area contributed by atoms with Crippen LogP contribution in [0, 0.1) is 0 Å². The van der Waals surface area contributed by atoms with Crippen LogP contribution in [0.3, 0.4) is 0 Å². The fraction of sp³-hybridized carbons (Fsp3) is 0.632. The van der Waals surface area contributed by atoms with Gasteiger partial charge in [0.1, 0.15) is 4.90 Å². The number of amides is 1. The summed E-state index contributed by atoms with van der Waals surface area (Å²) in [5.74, 6) is -0.280. The quantitative estimate of drug-likeness (QED) is 0.599. The Bertz CT molecular complexity index is 741. The van der Waals surface area contributed by atoms with Crippen molar-refractivity contribution in [3.8, 4) is 0 Å². The standard InChI is InChI=1S/C19H29ClN2O5S/c1-26-13-11-21(12-14-27-2)19(23)16-7-8-17(20)18(15-16)28(24,25)22-9-5-3-4-6-10-22/h7-8,15H,3-6,9-14H2,1-2H3. The van der Waals surface area contributed by atoms with Gasteiger partial charge in [0.05, 0.1) is 18.2 Å². The van der Waals surface area contributed by atoms with E-state index in [2.05, 4.69) is 0 Å². The molecule has 1 fully saturated rings. The average molecular weight is 433 g/mol. The number of sulfonamides is 1. The highest BCUT2D eigenvalue weighted by Crippen LogP contribution is 2.28. The minimum atomic E-state index is -3.75. The van der Waals surface area contributed by atoms with E-state index in [4.69, 9.17) is 21.1 Å². The Morgan fingerprint density at radius 2 is 1.64 bits per heavy atom. The summed E-state index contributed by atoms with van der Waals surface area (Å²) in [6.07, 6.45) is 3.70. The molecule has 1 heterocycles. The maximum atomic E-state index is 13.1. The number of nitrogens with zero attached hydrogens (tertiary/aromatic N) is 2. The second-order valence-electron chi connectivity index (χ2n) is 6.74. The molecule has 1 aromatic rings. The fourth-order valence-electron chi connectivity index (χ4n) is 3.16. The van der Waals surface area contributed by atoms with Crippen LogP contribution in [-0.2, 0) is 19.5 Å². The average Bonchev–Trinajstić information content (AvgIpc) is 2.98. The molecule has 28 heavy (non-hydrogen) atoms. The van der Waals surface area contributed by atoms with E-state index in [1.54, 1.807) is 25.2 Å². The van der Waals surface area contributed by atoms with E-state index < -0.39 is 10.0 Å². The van der Waals surface area contributed by atoms with Gasteiger partial charge in [-0.25, -0.2) is 8.42 Å². The first-order valence-corrected chi connectivity index (χ1v) is 11.3. The number of ether oxygens (including phenoxy) is 2. The van der Waals surface area contributed by atoms with Gasteiger partial charge in [0.25, 0.3) is 5.91 Å². The molecule has 0 atom stereocenters. The Balaban J connectivity index is 2.30. The Morgan fingerprint density at radius 1 is 1.07 bits per heavy atom. The summed E-state index contributed by atoms with van der Waals surface area (Å²) < 4.78 is 37.9. The first kappa shape index (κ1) is 23.1. The SMILES string of the molecule is COCCN(CCOC)C(=O)c1ccc(Cl)c(S(=O)(=O)N2CCCCCC2)c1. The molecule has 0 aliphatic carbocycles. The lowest BCUT2D eigenvalue weighted by atomic mass is 10.2. The molecule has 1 aliphatic heterocycles. The second kappa shape index (κ2) is 11.1. The summed E-state index contributed by atoms with van der Waals surface area (Å²) in [6, 6.07) is 4.42. The molecule has 9 heteroatoms. The van der Waals surface area contributed by atoms with Crippen molar-refractivity contribution >= 4 is 27.5 Å². The van der Waals surface area contributed by atoms with Gasteiger partial charge < -0.3 is 14.4 Å².